The molecule has 7 nitrogen and oxygen atoms in total. The van der Waals surface area contributed by atoms with Crippen LogP contribution in [0.25, 0.3) is 0 Å². The number of carboxylic acids is 1. The van der Waals surface area contributed by atoms with Gasteiger partial charge in [-0.2, -0.15) is 4.31 Å². The van der Waals surface area contributed by atoms with E-state index < -0.39 is 21.8 Å². The summed E-state index contributed by atoms with van der Waals surface area (Å²) in [5, 5.41) is 8.54. The number of sulfonamides is 1. The molecule has 8 heteroatoms. The zero-order chi connectivity index (χ0) is 13.9. The predicted octanol–water partition coefficient (Wildman–Crippen LogP) is 0.0199. The van der Waals surface area contributed by atoms with Crippen molar-refractivity contribution in [3.05, 3.63) is 0 Å². The molecular weight excluding hydrogens is 274 g/mol. The summed E-state index contributed by atoms with van der Waals surface area (Å²) < 4.78 is 36.7. The van der Waals surface area contributed by atoms with Crippen LogP contribution in [0.4, 0.5) is 0 Å². The summed E-state index contributed by atoms with van der Waals surface area (Å²) >= 11 is 0. The van der Waals surface area contributed by atoms with E-state index in [4.69, 9.17) is 14.6 Å². The molecular formula is C11H19NO6S. The molecule has 0 aliphatic carbocycles. The number of ether oxygens (including phenoxy) is 2. The Balaban J connectivity index is 1.94. The van der Waals surface area contributed by atoms with Crippen LogP contribution in [0, 0.1) is 0 Å². The molecule has 0 amide bonds. The van der Waals surface area contributed by atoms with Gasteiger partial charge < -0.3 is 14.6 Å². The van der Waals surface area contributed by atoms with Crippen LogP contribution < -0.4 is 0 Å². The first kappa shape index (κ1) is 14.7. The van der Waals surface area contributed by atoms with Crippen LogP contribution in [0.2, 0.25) is 0 Å². The van der Waals surface area contributed by atoms with E-state index in [9.17, 15) is 13.2 Å². The topological polar surface area (TPSA) is 93.1 Å². The Kier molecular flexibility index (Phi) is 4.44. The highest BCUT2D eigenvalue weighted by molar-refractivity contribution is 7.89. The Morgan fingerprint density at radius 1 is 1.32 bits per heavy atom. The van der Waals surface area contributed by atoms with Gasteiger partial charge in [0.2, 0.25) is 10.0 Å². The Bertz CT molecular complexity index is 428. The third kappa shape index (κ3) is 3.65. The molecule has 0 aromatic rings. The van der Waals surface area contributed by atoms with Crippen LogP contribution in [0.5, 0.6) is 0 Å². The van der Waals surface area contributed by atoms with Gasteiger partial charge in [-0.3, -0.25) is 4.79 Å². The van der Waals surface area contributed by atoms with Crippen LogP contribution in [-0.4, -0.2) is 61.6 Å². The van der Waals surface area contributed by atoms with E-state index in [2.05, 4.69) is 0 Å². The Labute approximate surface area is 112 Å². The lowest BCUT2D eigenvalue weighted by Crippen LogP contribution is -2.51. The fourth-order valence-electron chi connectivity index (χ4n) is 2.46. The average Bonchev–Trinajstić information content (AvgIpc) is 2.76. The average molecular weight is 293 g/mol. The maximum atomic E-state index is 12.1. The van der Waals surface area contributed by atoms with Crippen LogP contribution in [0.1, 0.15) is 25.7 Å². The molecule has 1 N–H and O–H groups in total. The summed E-state index contributed by atoms with van der Waals surface area (Å²) in [6.45, 7) is 1.64. The van der Waals surface area contributed by atoms with Crippen LogP contribution >= 0.6 is 0 Å². The number of aliphatic carboxylic acids is 1. The van der Waals surface area contributed by atoms with Crippen molar-refractivity contribution in [3.8, 4) is 0 Å². The van der Waals surface area contributed by atoms with Crippen LogP contribution in [0.3, 0.4) is 0 Å². The summed E-state index contributed by atoms with van der Waals surface area (Å²) in [6, 6.07) is 0. The van der Waals surface area contributed by atoms with Gasteiger partial charge in [-0.15, -0.1) is 0 Å². The highest BCUT2D eigenvalue weighted by Gasteiger charge is 2.43. The molecule has 0 atom stereocenters. The quantitative estimate of drug-likeness (QED) is 0.768. The molecule has 0 bridgehead atoms. The van der Waals surface area contributed by atoms with Gasteiger partial charge in [0.15, 0.2) is 5.79 Å². The molecule has 2 rings (SSSR count). The second-order valence-corrected chi connectivity index (χ2v) is 6.95. The molecule has 0 unspecified atom stereocenters. The van der Waals surface area contributed by atoms with E-state index in [0.717, 1.165) is 0 Å². The number of piperidine rings is 1. The Hall–Kier alpha value is -0.700. The molecule has 0 radical (unpaired) electrons. The highest BCUT2D eigenvalue weighted by atomic mass is 32.2. The lowest BCUT2D eigenvalue weighted by Gasteiger charge is -2.37. The summed E-state index contributed by atoms with van der Waals surface area (Å²) in [7, 11) is -3.43. The Morgan fingerprint density at radius 3 is 2.63 bits per heavy atom. The molecule has 2 aliphatic heterocycles. The minimum Gasteiger partial charge on any atom is -0.481 e. The van der Waals surface area contributed by atoms with Crippen molar-refractivity contribution in [3.63, 3.8) is 0 Å². The second-order valence-electron chi connectivity index (χ2n) is 4.86. The number of rotatable bonds is 5. The van der Waals surface area contributed by atoms with Crippen molar-refractivity contribution in [2.75, 3.05) is 32.1 Å². The molecule has 0 aromatic heterocycles. The van der Waals surface area contributed by atoms with E-state index >= 15 is 0 Å². The van der Waals surface area contributed by atoms with E-state index in [0.29, 0.717) is 32.6 Å². The van der Waals surface area contributed by atoms with Crippen molar-refractivity contribution in [1.82, 2.24) is 4.31 Å². The molecule has 19 heavy (non-hydrogen) atoms. The molecule has 2 saturated heterocycles. The second kappa shape index (κ2) is 5.74. The monoisotopic (exact) mass is 293 g/mol. The van der Waals surface area contributed by atoms with Gasteiger partial charge in [-0.25, -0.2) is 8.42 Å². The number of carbonyl (C=O) groups is 1. The van der Waals surface area contributed by atoms with Gasteiger partial charge in [-0.05, 0) is 12.8 Å². The van der Waals surface area contributed by atoms with E-state index in [-0.39, 0.29) is 25.1 Å². The molecule has 1 spiro atoms. The molecule has 110 valence electrons. The first-order chi connectivity index (χ1) is 8.94. The van der Waals surface area contributed by atoms with E-state index in [1.165, 1.54) is 4.31 Å². The van der Waals surface area contributed by atoms with Crippen molar-refractivity contribution >= 4 is 16.0 Å². The molecule has 0 aromatic carbocycles. The molecule has 2 aliphatic rings. The molecule has 0 saturated carbocycles. The van der Waals surface area contributed by atoms with Gasteiger partial charge in [0, 0.05) is 19.4 Å². The minimum absolute atomic E-state index is 0.128. The zero-order valence-electron chi connectivity index (χ0n) is 10.7. The number of hydrogen-bond acceptors (Lipinski definition) is 5. The van der Waals surface area contributed by atoms with Crippen molar-refractivity contribution in [2.45, 2.75) is 31.5 Å². The lowest BCUT2D eigenvalue weighted by molar-refractivity contribution is -0.179. The third-order valence-electron chi connectivity index (χ3n) is 3.38. The molecule has 2 heterocycles. The highest BCUT2D eigenvalue weighted by Crippen LogP contribution is 2.31. The summed E-state index contributed by atoms with van der Waals surface area (Å²) in [5.74, 6) is -1.90. The van der Waals surface area contributed by atoms with Crippen LogP contribution in [-0.2, 0) is 24.3 Å². The fraction of sp³-hybridized carbons (Fsp3) is 0.909. The predicted molar refractivity (Wildman–Crippen MR) is 66.1 cm³/mol. The first-order valence-electron chi connectivity index (χ1n) is 6.41. The van der Waals surface area contributed by atoms with Gasteiger partial charge in [-0.1, -0.05) is 0 Å². The summed E-state index contributed by atoms with van der Waals surface area (Å²) in [4.78, 5) is 10.4. The lowest BCUT2D eigenvalue weighted by atomic mass is 10.1. The van der Waals surface area contributed by atoms with Crippen molar-refractivity contribution in [2.24, 2.45) is 0 Å². The first-order valence-corrected chi connectivity index (χ1v) is 8.02. The van der Waals surface area contributed by atoms with E-state index in [1.807, 2.05) is 0 Å². The maximum Gasteiger partial charge on any atom is 0.303 e. The summed E-state index contributed by atoms with van der Waals surface area (Å²) in [6.07, 6.45) is 1.39. The largest absolute Gasteiger partial charge is 0.481 e. The van der Waals surface area contributed by atoms with Gasteiger partial charge in [0.1, 0.15) is 0 Å². The van der Waals surface area contributed by atoms with Gasteiger partial charge >= 0.3 is 5.97 Å². The van der Waals surface area contributed by atoms with Gasteiger partial charge in [0.25, 0.3) is 0 Å². The minimum atomic E-state index is -3.43. The van der Waals surface area contributed by atoms with Crippen LogP contribution in [0.15, 0.2) is 0 Å². The Morgan fingerprint density at radius 2 is 2.00 bits per heavy atom. The molecule has 2 fully saturated rings. The van der Waals surface area contributed by atoms with E-state index in [1.54, 1.807) is 0 Å². The van der Waals surface area contributed by atoms with Crippen molar-refractivity contribution in [1.29, 1.82) is 0 Å². The number of carboxylic acid groups (broad SMARTS) is 1. The SMILES string of the molecule is O=C(O)CCCS(=O)(=O)N1CCCC2(C1)OCCO2. The summed E-state index contributed by atoms with van der Waals surface area (Å²) in [5.41, 5.74) is 0. The maximum absolute atomic E-state index is 12.1. The number of hydrogen-bond donors (Lipinski definition) is 1. The normalized spacial score (nSPS) is 23.8. The smallest absolute Gasteiger partial charge is 0.303 e. The third-order valence-corrected chi connectivity index (χ3v) is 5.29. The van der Waals surface area contributed by atoms with Gasteiger partial charge in [0.05, 0.1) is 25.5 Å². The standard InChI is InChI=1S/C11H19NO6S/c13-10(14)3-1-8-19(15,16)12-5-2-4-11(9-12)17-6-7-18-11/h1-9H2,(H,13,14). The number of nitrogens with zero attached hydrogens (tertiary/aromatic N) is 1. The fourth-order valence-corrected chi connectivity index (χ4v) is 4.02. The zero-order valence-corrected chi connectivity index (χ0v) is 11.5. The van der Waals surface area contributed by atoms with Crippen molar-refractivity contribution < 1.29 is 27.8 Å².